The SMILES string of the molecule is CCC(=O)OC1(C(=O)CCl)C(C)CC2C3CCC4=CC(=O)C=CC4(C)C3(Cl)C(O)CC21C. The number of aliphatic hydroxyl groups is 1. The van der Waals surface area contributed by atoms with Crippen LogP contribution in [0.15, 0.2) is 23.8 Å². The van der Waals surface area contributed by atoms with Gasteiger partial charge in [-0.25, -0.2) is 0 Å². The molecule has 0 amide bonds. The normalized spacial score (nSPS) is 47.2. The lowest BCUT2D eigenvalue weighted by atomic mass is 9.45. The maximum atomic E-state index is 13.4. The van der Waals surface area contributed by atoms with E-state index in [1.807, 2.05) is 26.8 Å². The molecule has 0 aromatic heterocycles. The number of alkyl halides is 2. The summed E-state index contributed by atoms with van der Waals surface area (Å²) >= 11 is 13.5. The minimum absolute atomic E-state index is 0.0420. The first-order valence-electron chi connectivity index (χ1n) is 11.5. The summed E-state index contributed by atoms with van der Waals surface area (Å²) in [7, 11) is 0. The molecule has 8 atom stereocenters. The molecule has 0 aliphatic heterocycles. The molecule has 7 heteroatoms. The number of carbonyl (C=O) groups excluding carboxylic acids is 3. The second-order valence-corrected chi connectivity index (χ2v) is 11.4. The first-order chi connectivity index (χ1) is 14.9. The number of ether oxygens (including phenoxy) is 1. The van der Waals surface area contributed by atoms with Crippen LogP contribution < -0.4 is 0 Å². The number of hydrogen-bond donors (Lipinski definition) is 1. The second kappa shape index (κ2) is 7.68. The van der Waals surface area contributed by atoms with Crippen LogP contribution in [-0.2, 0) is 19.1 Å². The van der Waals surface area contributed by atoms with Crippen molar-refractivity contribution in [3.8, 4) is 0 Å². The fraction of sp³-hybridized carbons (Fsp3) is 0.720. The van der Waals surface area contributed by atoms with E-state index < -0.39 is 33.4 Å². The second-order valence-electron chi connectivity index (χ2n) is 10.5. The Morgan fingerprint density at radius 2 is 1.97 bits per heavy atom. The minimum Gasteiger partial charge on any atom is -0.450 e. The Kier molecular flexibility index (Phi) is 5.75. The van der Waals surface area contributed by atoms with Crippen LogP contribution in [0.5, 0.6) is 0 Å². The van der Waals surface area contributed by atoms with Crippen molar-refractivity contribution >= 4 is 40.7 Å². The van der Waals surface area contributed by atoms with Crippen LogP contribution >= 0.6 is 23.2 Å². The van der Waals surface area contributed by atoms with Gasteiger partial charge in [-0.05, 0) is 49.7 Å². The minimum atomic E-state index is -1.39. The molecule has 32 heavy (non-hydrogen) atoms. The molecule has 0 aromatic carbocycles. The molecule has 4 aliphatic rings. The van der Waals surface area contributed by atoms with Gasteiger partial charge in [0, 0.05) is 23.2 Å². The van der Waals surface area contributed by atoms with Gasteiger partial charge in [0.15, 0.2) is 17.2 Å². The molecule has 176 valence electrons. The van der Waals surface area contributed by atoms with Gasteiger partial charge < -0.3 is 9.84 Å². The Morgan fingerprint density at radius 3 is 2.59 bits per heavy atom. The fourth-order valence-electron chi connectivity index (χ4n) is 7.75. The number of hydrogen-bond acceptors (Lipinski definition) is 5. The number of carbonyl (C=O) groups is 3. The molecular weight excluding hydrogens is 451 g/mol. The lowest BCUT2D eigenvalue weighted by molar-refractivity contribution is -0.200. The molecule has 5 nitrogen and oxygen atoms in total. The van der Waals surface area contributed by atoms with Crippen molar-refractivity contribution in [2.75, 3.05) is 5.88 Å². The van der Waals surface area contributed by atoms with Crippen molar-refractivity contribution in [2.45, 2.75) is 76.4 Å². The maximum Gasteiger partial charge on any atom is 0.306 e. The monoisotopic (exact) mass is 482 g/mol. The van der Waals surface area contributed by atoms with Crippen LogP contribution in [0.4, 0.5) is 0 Å². The summed E-state index contributed by atoms with van der Waals surface area (Å²) < 4.78 is 6.00. The Hall–Kier alpha value is -1.17. The van der Waals surface area contributed by atoms with Crippen molar-refractivity contribution < 1.29 is 24.2 Å². The van der Waals surface area contributed by atoms with Crippen LogP contribution in [0.25, 0.3) is 0 Å². The first-order valence-corrected chi connectivity index (χ1v) is 12.5. The summed E-state index contributed by atoms with van der Waals surface area (Å²) in [5.41, 5.74) is -1.90. The van der Waals surface area contributed by atoms with Crippen LogP contribution in [0.3, 0.4) is 0 Å². The van der Waals surface area contributed by atoms with Gasteiger partial charge in [-0.3, -0.25) is 14.4 Å². The van der Waals surface area contributed by atoms with E-state index in [4.69, 9.17) is 27.9 Å². The van der Waals surface area contributed by atoms with E-state index in [1.54, 1.807) is 13.0 Å². The van der Waals surface area contributed by atoms with E-state index in [2.05, 4.69) is 0 Å². The highest BCUT2D eigenvalue weighted by Crippen LogP contribution is 2.72. The quantitative estimate of drug-likeness (QED) is 0.475. The van der Waals surface area contributed by atoms with Gasteiger partial charge in [0.1, 0.15) is 0 Å². The first kappa shape index (κ1) is 24.0. The van der Waals surface area contributed by atoms with Crippen molar-refractivity contribution in [1.82, 2.24) is 0 Å². The molecule has 1 N–H and O–H groups in total. The van der Waals surface area contributed by atoms with Crippen LogP contribution in [0.2, 0.25) is 0 Å². The summed E-state index contributed by atoms with van der Waals surface area (Å²) in [5, 5.41) is 11.6. The van der Waals surface area contributed by atoms with Crippen molar-refractivity contribution in [2.24, 2.45) is 28.6 Å². The van der Waals surface area contributed by atoms with Gasteiger partial charge in [-0.2, -0.15) is 0 Å². The van der Waals surface area contributed by atoms with Crippen molar-refractivity contribution in [3.63, 3.8) is 0 Å². The molecular formula is C25H32Cl2O5. The van der Waals surface area contributed by atoms with Gasteiger partial charge in [0.25, 0.3) is 0 Å². The van der Waals surface area contributed by atoms with Crippen LogP contribution in [0.1, 0.15) is 59.8 Å². The molecule has 0 bridgehead atoms. The van der Waals surface area contributed by atoms with Gasteiger partial charge in [0.2, 0.25) is 0 Å². The maximum absolute atomic E-state index is 13.4. The van der Waals surface area contributed by atoms with Gasteiger partial charge in [0.05, 0.1) is 16.9 Å². The van der Waals surface area contributed by atoms with E-state index in [9.17, 15) is 19.5 Å². The highest BCUT2D eigenvalue weighted by atomic mass is 35.5. The summed E-state index contributed by atoms with van der Waals surface area (Å²) in [6, 6.07) is 0. The predicted molar refractivity (Wildman–Crippen MR) is 122 cm³/mol. The number of halogens is 2. The number of allylic oxidation sites excluding steroid dienone is 4. The number of aliphatic hydroxyl groups excluding tert-OH is 1. The molecule has 3 fully saturated rings. The molecule has 0 heterocycles. The summed E-state index contributed by atoms with van der Waals surface area (Å²) in [4.78, 5) is 36.9. The largest absolute Gasteiger partial charge is 0.450 e. The Morgan fingerprint density at radius 1 is 1.28 bits per heavy atom. The topological polar surface area (TPSA) is 80.7 Å². The zero-order valence-electron chi connectivity index (χ0n) is 19.1. The number of Topliss-reactive ketones (excluding diaryl/α,β-unsaturated/α-hetero) is 1. The Labute approximate surface area is 199 Å². The van der Waals surface area contributed by atoms with Crippen molar-refractivity contribution in [3.05, 3.63) is 23.8 Å². The molecule has 4 rings (SSSR count). The highest BCUT2D eigenvalue weighted by molar-refractivity contribution is 6.29. The third-order valence-electron chi connectivity index (χ3n) is 9.28. The van der Waals surface area contributed by atoms with Crippen LogP contribution in [0, 0.1) is 28.6 Å². The van der Waals surface area contributed by atoms with E-state index in [-0.39, 0.29) is 48.0 Å². The average Bonchev–Trinajstić information content (AvgIpc) is 2.96. The Bertz CT molecular complexity index is 927. The smallest absolute Gasteiger partial charge is 0.306 e. The number of rotatable bonds is 4. The molecule has 0 spiro atoms. The van der Waals surface area contributed by atoms with Gasteiger partial charge in [-0.15, -0.1) is 23.2 Å². The van der Waals surface area contributed by atoms with E-state index >= 15 is 0 Å². The average molecular weight is 483 g/mol. The van der Waals surface area contributed by atoms with Crippen molar-refractivity contribution in [1.29, 1.82) is 0 Å². The molecule has 0 saturated heterocycles. The van der Waals surface area contributed by atoms with Crippen LogP contribution in [-0.4, -0.2) is 45.1 Å². The molecule has 0 aromatic rings. The number of esters is 1. The Balaban J connectivity index is 1.85. The fourth-order valence-corrected chi connectivity index (χ4v) is 8.47. The summed E-state index contributed by atoms with van der Waals surface area (Å²) in [5.74, 6) is -1.48. The molecule has 4 aliphatic carbocycles. The predicted octanol–water partition coefficient (Wildman–Crippen LogP) is 4.37. The van der Waals surface area contributed by atoms with E-state index in [0.29, 0.717) is 19.3 Å². The number of ketones is 2. The lowest BCUT2D eigenvalue weighted by Gasteiger charge is -2.64. The summed E-state index contributed by atoms with van der Waals surface area (Å²) in [6.45, 7) is 7.60. The third kappa shape index (κ3) is 2.77. The summed E-state index contributed by atoms with van der Waals surface area (Å²) in [6.07, 6.45) is 6.50. The van der Waals surface area contributed by atoms with Gasteiger partial charge in [-0.1, -0.05) is 39.3 Å². The van der Waals surface area contributed by atoms with Gasteiger partial charge >= 0.3 is 5.97 Å². The highest BCUT2D eigenvalue weighted by Gasteiger charge is 2.76. The zero-order valence-corrected chi connectivity index (χ0v) is 20.6. The number of fused-ring (bicyclic) bond motifs is 5. The zero-order chi connectivity index (χ0) is 23.7. The van der Waals surface area contributed by atoms with E-state index in [1.165, 1.54) is 6.08 Å². The third-order valence-corrected chi connectivity index (χ3v) is 10.4. The van der Waals surface area contributed by atoms with E-state index in [0.717, 1.165) is 5.57 Å². The molecule has 3 saturated carbocycles. The molecule has 8 unspecified atom stereocenters. The molecule has 0 radical (unpaired) electrons. The standard InChI is InChI=1S/C25H32Cl2O5/c1-5-21(31)32-25(20(30)13-26)14(2)10-18-17-7-6-15-11-16(28)8-9-22(15,3)24(17,27)19(29)12-23(18,25)4/h8-9,11,14,17-19,29H,5-7,10,12-13H2,1-4H3. The lowest BCUT2D eigenvalue weighted by Crippen LogP contribution is -2.69.